The number of fused-ring (bicyclic) bond motifs is 1. The lowest BCUT2D eigenvalue weighted by molar-refractivity contribution is -0.112. The van der Waals surface area contributed by atoms with Crippen molar-refractivity contribution in [3.05, 3.63) is 87.3 Å². The van der Waals surface area contributed by atoms with Gasteiger partial charge in [0.15, 0.2) is 0 Å². The van der Waals surface area contributed by atoms with Gasteiger partial charge in [-0.15, -0.1) is 0 Å². The number of carbonyl (C=O) groups is 2. The molecule has 136 valence electrons. The van der Waals surface area contributed by atoms with E-state index in [0.29, 0.717) is 15.8 Å². The lowest BCUT2D eigenvalue weighted by Gasteiger charge is -2.11. The lowest BCUT2D eigenvalue weighted by atomic mass is 10.1. The van der Waals surface area contributed by atoms with Crippen molar-refractivity contribution in [1.82, 2.24) is 4.68 Å². The molecular formula is C20H15ClN2O4. The number of nitrogens with zero attached hydrogens (tertiary/aromatic N) is 1. The fourth-order valence-electron chi connectivity index (χ4n) is 2.59. The summed E-state index contributed by atoms with van der Waals surface area (Å²) in [5.74, 6) is -1.15. The third-order valence-corrected chi connectivity index (χ3v) is 4.07. The summed E-state index contributed by atoms with van der Waals surface area (Å²) in [6.45, 7) is 0. The summed E-state index contributed by atoms with van der Waals surface area (Å²) in [4.78, 5) is 36.8. The number of benzene rings is 2. The summed E-state index contributed by atoms with van der Waals surface area (Å²) >= 11 is 5.90. The molecule has 0 saturated heterocycles. The Kier molecular flexibility index (Phi) is 5.38. The SMILES string of the molecule is COC(=O)c1cn(NC(=O)/C=C/c2cccc(Cl)c2)c(=O)c2ccccc12. The average molecular weight is 383 g/mol. The van der Waals surface area contributed by atoms with Crippen molar-refractivity contribution in [2.75, 3.05) is 12.5 Å². The highest BCUT2D eigenvalue weighted by Crippen LogP contribution is 2.16. The van der Waals surface area contributed by atoms with Gasteiger partial charge >= 0.3 is 5.97 Å². The maximum absolute atomic E-state index is 12.6. The summed E-state index contributed by atoms with van der Waals surface area (Å²) in [6, 6.07) is 13.6. The molecule has 27 heavy (non-hydrogen) atoms. The van der Waals surface area contributed by atoms with Gasteiger partial charge in [0.1, 0.15) is 0 Å². The summed E-state index contributed by atoms with van der Waals surface area (Å²) < 4.78 is 5.74. The van der Waals surface area contributed by atoms with E-state index in [2.05, 4.69) is 5.43 Å². The maximum Gasteiger partial charge on any atom is 0.340 e. The molecule has 0 aliphatic heterocycles. The van der Waals surface area contributed by atoms with Crippen LogP contribution >= 0.6 is 11.6 Å². The van der Waals surface area contributed by atoms with Crippen LogP contribution in [0.25, 0.3) is 16.8 Å². The molecule has 0 spiro atoms. The molecule has 0 aliphatic rings. The van der Waals surface area contributed by atoms with Gasteiger partial charge in [0.25, 0.3) is 11.5 Å². The highest BCUT2D eigenvalue weighted by atomic mass is 35.5. The molecule has 6 nitrogen and oxygen atoms in total. The third kappa shape index (κ3) is 4.07. The predicted molar refractivity (Wildman–Crippen MR) is 104 cm³/mol. The zero-order chi connectivity index (χ0) is 19.4. The quantitative estimate of drug-likeness (QED) is 0.555. The van der Waals surface area contributed by atoms with Crippen LogP contribution in [0.1, 0.15) is 15.9 Å². The highest BCUT2D eigenvalue weighted by molar-refractivity contribution is 6.30. The molecule has 7 heteroatoms. The number of methoxy groups -OCH3 is 1. The number of halogens is 1. The van der Waals surface area contributed by atoms with Gasteiger partial charge in [0.2, 0.25) is 0 Å². The molecule has 3 aromatic rings. The molecule has 1 N–H and O–H groups in total. The largest absolute Gasteiger partial charge is 0.465 e. The van der Waals surface area contributed by atoms with E-state index in [1.54, 1.807) is 54.6 Å². The number of pyridine rings is 1. The van der Waals surface area contributed by atoms with E-state index in [9.17, 15) is 14.4 Å². The molecule has 0 saturated carbocycles. The Labute approximate surface area is 159 Å². The van der Waals surface area contributed by atoms with E-state index < -0.39 is 17.4 Å². The fourth-order valence-corrected chi connectivity index (χ4v) is 2.78. The Bertz CT molecular complexity index is 1120. The van der Waals surface area contributed by atoms with E-state index in [1.165, 1.54) is 19.4 Å². The van der Waals surface area contributed by atoms with Gasteiger partial charge < -0.3 is 4.74 Å². The van der Waals surface area contributed by atoms with Gasteiger partial charge in [-0.2, -0.15) is 0 Å². The van der Waals surface area contributed by atoms with Crippen LogP contribution in [0.5, 0.6) is 0 Å². The number of ether oxygens (including phenoxy) is 1. The molecule has 0 fully saturated rings. The van der Waals surface area contributed by atoms with Gasteiger partial charge in [0.05, 0.1) is 12.7 Å². The van der Waals surface area contributed by atoms with Crippen molar-refractivity contribution in [2.24, 2.45) is 0 Å². The van der Waals surface area contributed by atoms with Crippen LogP contribution in [0.15, 0.2) is 65.6 Å². The van der Waals surface area contributed by atoms with Gasteiger partial charge in [-0.25, -0.2) is 9.47 Å². The van der Waals surface area contributed by atoms with E-state index in [-0.39, 0.29) is 5.56 Å². The van der Waals surface area contributed by atoms with Gasteiger partial charge in [0, 0.05) is 28.1 Å². The predicted octanol–water partition coefficient (Wildman–Crippen LogP) is 3.23. The highest BCUT2D eigenvalue weighted by Gasteiger charge is 2.15. The Morgan fingerprint density at radius 2 is 1.85 bits per heavy atom. The molecule has 3 rings (SSSR count). The van der Waals surface area contributed by atoms with Crippen LogP contribution < -0.4 is 11.0 Å². The van der Waals surface area contributed by atoms with Crippen molar-refractivity contribution < 1.29 is 14.3 Å². The van der Waals surface area contributed by atoms with Crippen LogP contribution in [0.3, 0.4) is 0 Å². The summed E-state index contributed by atoms with van der Waals surface area (Å²) in [5.41, 5.74) is 2.90. The van der Waals surface area contributed by atoms with Crippen LogP contribution in [0.2, 0.25) is 5.02 Å². The third-order valence-electron chi connectivity index (χ3n) is 3.84. The van der Waals surface area contributed by atoms with Crippen molar-refractivity contribution in [2.45, 2.75) is 0 Å². The first kappa shape index (κ1) is 18.4. The number of hydrogen-bond acceptors (Lipinski definition) is 4. The van der Waals surface area contributed by atoms with Gasteiger partial charge in [-0.3, -0.25) is 15.0 Å². The Morgan fingerprint density at radius 1 is 1.11 bits per heavy atom. The normalized spacial score (nSPS) is 10.9. The van der Waals surface area contributed by atoms with E-state index in [1.807, 2.05) is 0 Å². The van der Waals surface area contributed by atoms with Crippen molar-refractivity contribution in [1.29, 1.82) is 0 Å². The zero-order valence-electron chi connectivity index (χ0n) is 14.3. The second-order valence-corrected chi connectivity index (χ2v) is 6.06. The standard InChI is InChI=1S/C20H15ClN2O4/c1-27-20(26)17-12-23(19(25)16-8-3-2-7-15(16)17)22-18(24)10-9-13-5-4-6-14(21)11-13/h2-12H,1H3,(H,22,24)/b10-9+. The van der Waals surface area contributed by atoms with Gasteiger partial charge in [-0.05, 0) is 29.8 Å². The lowest BCUT2D eigenvalue weighted by Crippen LogP contribution is -2.33. The van der Waals surface area contributed by atoms with Crippen LogP contribution in [0, 0.1) is 0 Å². The first-order valence-electron chi connectivity index (χ1n) is 7.97. The second-order valence-electron chi connectivity index (χ2n) is 5.62. The minimum absolute atomic E-state index is 0.173. The minimum atomic E-state index is -0.608. The van der Waals surface area contributed by atoms with Crippen LogP contribution in [-0.4, -0.2) is 23.7 Å². The van der Waals surface area contributed by atoms with Crippen LogP contribution in [0.4, 0.5) is 0 Å². The van der Waals surface area contributed by atoms with Crippen molar-refractivity contribution >= 4 is 40.3 Å². The van der Waals surface area contributed by atoms with E-state index >= 15 is 0 Å². The summed E-state index contributed by atoms with van der Waals surface area (Å²) in [6.07, 6.45) is 4.08. The maximum atomic E-state index is 12.6. The van der Waals surface area contributed by atoms with E-state index in [4.69, 9.17) is 16.3 Å². The Balaban J connectivity index is 1.94. The first-order chi connectivity index (χ1) is 13.0. The molecule has 0 aliphatic carbocycles. The smallest absolute Gasteiger partial charge is 0.340 e. The molecule has 0 unspecified atom stereocenters. The topological polar surface area (TPSA) is 77.4 Å². The fraction of sp³-hybridized carbons (Fsp3) is 0.0500. The second kappa shape index (κ2) is 7.88. The van der Waals surface area contributed by atoms with E-state index in [0.717, 1.165) is 10.2 Å². The van der Waals surface area contributed by atoms with Crippen molar-refractivity contribution in [3.63, 3.8) is 0 Å². The average Bonchev–Trinajstić information content (AvgIpc) is 2.68. The number of rotatable bonds is 4. The minimum Gasteiger partial charge on any atom is -0.465 e. The number of carbonyl (C=O) groups excluding carboxylic acids is 2. The number of aromatic nitrogens is 1. The Hall–Kier alpha value is -3.38. The molecular weight excluding hydrogens is 368 g/mol. The van der Waals surface area contributed by atoms with Crippen molar-refractivity contribution in [3.8, 4) is 0 Å². The number of hydrogen-bond donors (Lipinski definition) is 1. The number of nitrogens with one attached hydrogen (secondary N) is 1. The molecule has 2 aromatic carbocycles. The summed E-state index contributed by atoms with van der Waals surface area (Å²) in [5, 5.41) is 1.29. The number of esters is 1. The first-order valence-corrected chi connectivity index (χ1v) is 8.35. The van der Waals surface area contributed by atoms with Gasteiger partial charge in [-0.1, -0.05) is 41.9 Å². The molecule has 0 bridgehead atoms. The Morgan fingerprint density at radius 3 is 2.56 bits per heavy atom. The summed E-state index contributed by atoms with van der Waals surface area (Å²) in [7, 11) is 1.25. The van der Waals surface area contributed by atoms with Crippen LogP contribution in [-0.2, 0) is 9.53 Å². The monoisotopic (exact) mass is 382 g/mol. The molecule has 1 heterocycles. The molecule has 0 atom stereocenters. The molecule has 1 aromatic heterocycles. The number of amides is 1. The molecule has 0 radical (unpaired) electrons. The zero-order valence-corrected chi connectivity index (χ0v) is 15.1. The molecule has 1 amide bonds.